The molecule has 2 aromatic rings. The molecule has 2 heterocycles. The fourth-order valence-electron chi connectivity index (χ4n) is 5.10. The predicted molar refractivity (Wildman–Crippen MR) is 131 cm³/mol. The fourth-order valence-corrected chi connectivity index (χ4v) is 5.10. The van der Waals surface area contributed by atoms with Crippen molar-refractivity contribution in [3.05, 3.63) is 65.2 Å². The summed E-state index contributed by atoms with van der Waals surface area (Å²) < 4.78 is 5.51. The molecule has 10 nitrogen and oxygen atoms in total. The van der Waals surface area contributed by atoms with Gasteiger partial charge in [0.15, 0.2) is 0 Å². The number of phenols is 1. The Morgan fingerprint density at radius 2 is 1.61 bits per heavy atom. The average Bonchev–Trinajstić information content (AvgIpc) is 3.12. The third-order valence-electron chi connectivity index (χ3n) is 6.82. The van der Waals surface area contributed by atoms with Crippen LogP contribution < -0.4 is 11.1 Å². The molecule has 0 spiro atoms. The maximum absolute atomic E-state index is 13.8. The number of nitrogens with one attached hydrogen (secondary N) is 2. The summed E-state index contributed by atoms with van der Waals surface area (Å²) in [5, 5.41) is 28.9. The number of phenolic OH excluding ortho intramolecular Hbond substituents is 1. The summed E-state index contributed by atoms with van der Waals surface area (Å²) in [5.74, 6) is -1.63. The van der Waals surface area contributed by atoms with E-state index in [9.17, 15) is 19.5 Å². The van der Waals surface area contributed by atoms with Crippen molar-refractivity contribution in [2.24, 2.45) is 5.73 Å². The molecule has 10 heteroatoms. The smallest absolute Gasteiger partial charge is 0.329 e. The molecular weight excluding hydrogens is 464 g/mol. The lowest BCUT2D eigenvalue weighted by Gasteiger charge is -2.40. The molecule has 4 atom stereocenters. The van der Waals surface area contributed by atoms with Crippen molar-refractivity contribution in [2.75, 3.05) is 6.61 Å². The lowest BCUT2D eigenvalue weighted by atomic mass is 9.96. The van der Waals surface area contributed by atoms with Crippen LogP contribution in [-0.2, 0) is 20.7 Å². The highest BCUT2D eigenvalue weighted by Crippen LogP contribution is 2.37. The van der Waals surface area contributed by atoms with Crippen molar-refractivity contribution in [2.45, 2.75) is 56.3 Å². The number of nitrogens with two attached hydrogens (primary N) is 1. The van der Waals surface area contributed by atoms with Crippen molar-refractivity contribution in [3.8, 4) is 5.75 Å². The molecule has 0 saturated carbocycles. The Bertz CT molecular complexity index is 1120. The number of carbonyl (C=O) groups is 3. The lowest BCUT2D eigenvalue weighted by Crippen LogP contribution is -2.56. The number of rotatable bonds is 9. The highest BCUT2D eigenvalue weighted by atomic mass is 16.5. The number of aromatic hydroxyl groups is 1. The number of nitrogen functional groups attached to an aromatic ring is 1. The number of ether oxygens (including phenoxy) is 1. The van der Waals surface area contributed by atoms with E-state index in [1.54, 1.807) is 36.4 Å². The number of amidine groups is 1. The number of amides is 2. The molecule has 36 heavy (non-hydrogen) atoms. The minimum Gasteiger partial charge on any atom is -0.508 e. The number of aliphatic carboxylic acids is 1. The summed E-state index contributed by atoms with van der Waals surface area (Å²) in [7, 11) is 0. The zero-order chi connectivity index (χ0) is 25.8. The number of carbonyl (C=O) groups excluding carboxylic acids is 2. The van der Waals surface area contributed by atoms with Crippen LogP contribution in [0.5, 0.6) is 5.75 Å². The lowest BCUT2D eigenvalue weighted by molar-refractivity contribution is -0.149. The normalized spacial score (nSPS) is 21.6. The first-order valence-electron chi connectivity index (χ1n) is 11.9. The van der Waals surface area contributed by atoms with Crippen LogP contribution in [0.25, 0.3) is 0 Å². The molecule has 2 aliphatic heterocycles. The number of hydrogen-bond acceptors (Lipinski definition) is 6. The highest BCUT2D eigenvalue weighted by Gasteiger charge is 2.45. The molecule has 2 bridgehead atoms. The van der Waals surface area contributed by atoms with Gasteiger partial charge >= 0.3 is 5.97 Å². The first kappa shape index (κ1) is 25.2. The number of hydrogen-bond donors (Lipinski definition) is 5. The molecule has 2 aromatic carbocycles. The van der Waals surface area contributed by atoms with Crippen LogP contribution in [-0.4, -0.2) is 69.6 Å². The molecule has 0 aromatic heterocycles. The molecule has 190 valence electrons. The van der Waals surface area contributed by atoms with Gasteiger partial charge in [-0.3, -0.25) is 15.0 Å². The number of benzene rings is 2. The molecule has 3 unspecified atom stereocenters. The van der Waals surface area contributed by atoms with Gasteiger partial charge in [0.05, 0.1) is 6.10 Å². The minimum atomic E-state index is -1.02. The first-order chi connectivity index (χ1) is 17.2. The molecular formula is C26H30N4O6. The summed E-state index contributed by atoms with van der Waals surface area (Å²) in [6, 6.07) is 11.8. The van der Waals surface area contributed by atoms with Gasteiger partial charge in [0, 0.05) is 29.6 Å². The van der Waals surface area contributed by atoms with Crippen molar-refractivity contribution in [3.63, 3.8) is 0 Å². The van der Waals surface area contributed by atoms with Crippen LogP contribution in [0.3, 0.4) is 0 Å². The van der Waals surface area contributed by atoms with Crippen LogP contribution in [0.1, 0.15) is 47.2 Å². The molecule has 0 aliphatic carbocycles. The topological polar surface area (TPSA) is 166 Å². The monoisotopic (exact) mass is 494 g/mol. The van der Waals surface area contributed by atoms with Gasteiger partial charge < -0.3 is 30.9 Å². The van der Waals surface area contributed by atoms with Gasteiger partial charge in [-0.25, -0.2) is 4.79 Å². The Hall–Kier alpha value is -3.92. The van der Waals surface area contributed by atoms with E-state index in [-0.39, 0.29) is 48.7 Å². The molecule has 2 aliphatic rings. The van der Waals surface area contributed by atoms with E-state index in [4.69, 9.17) is 21.0 Å². The number of nitrogens with zero attached hydrogens (tertiary/aromatic N) is 1. The van der Waals surface area contributed by atoms with E-state index in [1.165, 1.54) is 12.1 Å². The van der Waals surface area contributed by atoms with Gasteiger partial charge in [-0.05, 0) is 55.5 Å². The minimum absolute atomic E-state index is 0.0795. The van der Waals surface area contributed by atoms with Crippen molar-refractivity contribution < 1.29 is 29.3 Å². The number of fused-ring (bicyclic) bond motifs is 2. The van der Waals surface area contributed by atoms with E-state index in [2.05, 4.69) is 5.32 Å². The SMILES string of the molecule is N=C(N)c1ccc(C(=O)NC(Cc2ccc(O)cc2)C(=O)N2C3CC[C@H]2CC(OCC(=O)O)C3)cc1. The Morgan fingerprint density at radius 3 is 2.17 bits per heavy atom. The average molecular weight is 495 g/mol. The van der Waals surface area contributed by atoms with Crippen LogP contribution in [0, 0.1) is 5.41 Å². The van der Waals surface area contributed by atoms with E-state index in [0.717, 1.165) is 18.4 Å². The molecule has 2 amide bonds. The van der Waals surface area contributed by atoms with Gasteiger partial charge in [0.2, 0.25) is 5.91 Å². The fraction of sp³-hybridized carbons (Fsp3) is 0.385. The third kappa shape index (κ3) is 5.83. The summed E-state index contributed by atoms with van der Waals surface area (Å²) in [5.41, 5.74) is 7.11. The van der Waals surface area contributed by atoms with Crippen molar-refractivity contribution in [1.29, 1.82) is 5.41 Å². The van der Waals surface area contributed by atoms with Crippen LogP contribution >= 0.6 is 0 Å². The van der Waals surface area contributed by atoms with E-state index < -0.39 is 17.9 Å². The summed E-state index contributed by atoms with van der Waals surface area (Å²) in [6.45, 7) is -0.361. The van der Waals surface area contributed by atoms with Crippen LogP contribution in [0.2, 0.25) is 0 Å². The molecule has 2 saturated heterocycles. The van der Waals surface area contributed by atoms with Gasteiger partial charge in [-0.15, -0.1) is 0 Å². The molecule has 0 radical (unpaired) electrons. The highest BCUT2D eigenvalue weighted by molar-refractivity contribution is 6.00. The van der Waals surface area contributed by atoms with E-state index >= 15 is 0 Å². The quantitative estimate of drug-likeness (QED) is 0.261. The zero-order valence-corrected chi connectivity index (χ0v) is 19.7. The van der Waals surface area contributed by atoms with Crippen molar-refractivity contribution in [1.82, 2.24) is 10.2 Å². The van der Waals surface area contributed by atoms with Gasteiger partial charge in [-0.1, -0.05) is 24.3 Å². The van der Waals surface area contributed by atoms with Gasteiger partial charge in [-0.2, -0.15) is 0 Å². The largest absolute Gasteiger partial charge is 0.508 e. The summed E-state index contributed by atoms with van der Waals surface area (Å²) >= 11 is 0. The first-order valence-corrected chi connectivity index (χ1v) is 11.9. The van der Waals surface area contributed by atoms with E-state index in [0.29, 0.717) is 24.0 Å². The Labute approximate surface area is 208 Å². The molecule has 6 N–H and O–H groups in total. The maximum atomic E-state index is 13.8. The van der Waals surface area contributed by atoms with Gasteiger partial charge in [0.1, 0.15) is 24.2 Å². The van der Waals surface area contributed by atoms with Gasteiger partial charge in [0.25, 0.3) is 5.91 Å². The van der Waals surface area contributed by atoms with E-state index in [1.807, 2.05) is 4.90 Å². The zero-order valence-electron chi connectivity index (χ0n) is 19.7. The maximum Gasteiger partial charge on any atom is 0.329 e. The number of carboxylic acid groups (broad SMARTS) is 1. The Morgan fingerprint density at radius 1 is 1.03 bits per heavy atom. The Balaban J connectivity index is 1.52. The standard InChI is InChI=1S/C26H30N4O6/c27-24(28)16-3-5-17(6-4-16)25(34)29-22(11-15-1-9-20(31)10-2-15)26(35)30-18-7-8-19(30)13-21(12-18)36-14-23(32)33/h1-6,9-10,18-19,21-22,31H,7-8,11-14H2,(H3,27,28)(H,29,34)(H,32,33)/t18-,19?,21?,22?/m0/s1. The number of piperidine rings is 1. The number of carboxylic acids is 1. The van der Waals surface area contributed by atoms with Crippen molar-refractivity contribution >= 4 is 23.6 Å². The van der Waals surface area contributed by atoms with Crippen LogP contribution in [0.4, 0.5) is 0 Å². The summed E-state index contributed by atoms with van der Waals surface area (Å²) in [4.78, 5) is 39.6. The second kappa shape index (κ2) is 10.8. The Kier molecular flexibility index (Phi) is 7.54. The predicted octanol–water partition coefficient (Wildman–Crippen LogP) is 1.64. The second-order valence-electron chi connectivity index (χ2n) is 9.32. The van der Waals surface area contributed by atoms with Crippen LogP contribution in [0.15, 0.2) is 48.5 Å². The second-order valence-corrected chi connectivity index (χ2v) is 9.32. The third-order valence-corrected chi connectivity index (χ3v) is 6.82. The molecule has 2 fully saturated rings. The summed E-state index contributed by atoms with van der Waals surface area (Å²) in [6.07, 6.45) is 2.74. The molecule has 4 rings (SSSR count).